The number of carbonyl (C=O) groups is 2. The van der Waals surface area contributed by atoms with E-state index >= 15 is 0 Å². The van der Waals surface area contributed by atoms with Gasteiger partial charge in [-0.05, 0) is 31.2 Å². The summed E-state index contributed by atoms with van der Waals surface area (Å²) in [5, 5.41) is 2.93. The number of sulfonamides is 1. The van der Waals surface area contributed by atoms with Gasteiger partial charge in [0.15, 0.2) is 11.7 Å². The highest BCUT2D eigenvalue weighted by Crippen LogP contribution is 2.25. The molecule has 2 aromatic carbocycles. The van der Waals surface area contributed by atoms with Crippen molar-refractivity contribution in [3.8, 4) is 0 Å². The first kappa shape index (κ1) is 19.9. The third kappa shape index (κ3) is 5.12. The smallest absolute Gasteiger partial charge is 0.321 e. The number of hydrogen-bond donors (Lipinski definition) is 2. The molecule has 0 aliphatic rings. The molecule has 0 bridgehead atoms. The van der Waals surface area contributed by atoms with Crippen molar-refractivity contribution < 1.29 is 22.7 Å². The van der Waals surface area contributed by atoms with E-state index in [1.54, 1.807) is 12.1 Å². The quantitative estimate of drug-likeness (QED) is 0.567. The summed E-state index contributed by atoms with van der Waals surface area (Å²) in [6.45, 7) is 0.715. The van der Waals surface area contributed by atoms with Crippen LogP contribution in [0, 0.1) is 6.92 Å². The molecule has 1 heterocycles. The number of anilines is 1. The maximum absolute atomic E-state index is 12.1. The lowest BCUT2D eigenvalue weighted by atomic mass is 10.2. The Labute approximate surface area is 165 Å². The summed E-state index contributed by atoms with van der Waals surface area (Å²) in [6.07, 6.45) is 0. The SMILES string of the molecule is Cc1ccc(S(=O)(=O)NCC(=O)OCC(=O)Nc2nc3ccccc3s2)cc1. The lowest BCUT2D eigenvalue weighted by Crippen LogP contribution is -2.32. The first-order chi connectivity index (χ1) is 13.3. The Bertz CT molecular complexity index is 1070. The number of carbonyl (C=O) groups excluding carboxylic acids is 2. The molecule has 0 saturated heterocycles. The number of esters is 1. The van der Waals surface area contributed by atoms with Crippen LogP contribution in [0.15, 0.2) is 53.4 Å². The van der Waals surface area contributed by atoms with Gasteiger partial charge in [-0.2, -0.15) is 4.72 Å². The van der Waals surface area contributed by atoms with E-state index in [2.05, 4.69) is 15.0 Å². The first-order valence-corrected chi connectivity index (χ1v) is 10.5. The summed E-state index contributed by atoms with van der Waals surface area (Å²) in [4.78, 5) is 27.9. The second kappa shape index (κ2) is 8.46. The van der Waals surface area contributed by atoms with Crippen LogP contribution in [0.2, 0.25) is 0 Å². The number of nitrogens with zero attached hydrogens (tertiary/aromatic N) is 1. The molecule has 146 valence electrons. The number of amides is 1. The molecular weight excluding hydrogens is 402 g/mol. The molecule has 0 radical (unpaired) electrons. The summed E-state index contributed by atoms with van der Waals surface area (Å²) in [5.41, 5.74) is 1.67. The number of benzene rings is 2. The van der Waals surface area contributed by atoms with Crippen LogP contribution < -0.4 is 10.0 Å². The molecule has 3 aromatic rings. The predicted molar refractivity (Wildman–Crippen MR) is 106 cm³/mol. The normalized spacial score (nSPS) is 11.3. The molecule has 0 aliphatic carbocycles. The monoisotopic (exact) mass is 419 g/mol. The lowest BCUT2D eigenvalue weighted by molar-refractivity contribution is -0.146. The summed E-state index contributed by atoms with van der Waals surface area (Å²) in [6, 6.07) is 13.6. The van der Waals surface area contributed by atoms with Crippen molar-refractivity contribution in [2.75, 3.05) is 18.5 Å². The molecule has 0 saturated carbocycles. The minimum Gasteiger partial charge on any atom is -0.455 e. The zero-order valence-corrected chi connectivity index (χ0v) is 16.5. The van der Waals surface area contributed by atoms with Gasteiger partial charge in [-0.1, -0.05) is 41.2 Å². The fourth-order valence-electron chi connectivity index (χ4n) is 2.23. The second-order valence-corrected chi connectivity index (χ2v) is 8.63. The zero-order chi connectivity index (χ0) is 20.1. The maximum atomic E-state index is 12.1. The van der Waals surface area contributed by atoms with Crippen LogP contribution in [0.3, 0.4) is 0 Å². The van der Waals surface area contributed by atoms with Gasteiger partial charge in [0.25, 0.3) is 5.91 Å². The predicted octanol–water partition coefficient (Wildman–Crippen LogP) is 2.06. The number of para-hydroxylation sites is 1. The first-order valence-electron chi connectivity index (χ1n) is 8.21. The van der Waals surface area contributed by atoms with E-state index in [-0.39, 0.29) is 4.90 Å². The van der Waals surface area contributed by atoms with Crippen LogP contribution in [-0.2, 0) is 24.3 Å². The van der Waals surface area contributed by atoms with Gasteiger partial charge in [-0.3, -0.25) is 14.9 Å². The Hall–Kier alpha value is -2.82. The van der Waals surface area contributed by atoms with Crippen molar-refractivity contribution in [3.63, 3.8) is 0 Å². The van der Waals surface area contributed by atoms with E-state index in [1.165, 1.54) is 23.5 Å². The third-order valence-corrected chi connectivity index (χ3v) is 6.01. The molecule has 8 nitrogen and oxygen atoms in total. The summed E-state index contributed by atoms with van der Waals surface area (Å²) < 4.78 is 32.1. The topological polar surface area (TPSA) is 114 Å². The molecule has 0 aliphatic heterocycles. The third-order valence-electron chi connectivity index (χ3n) is 3.64. The summed E-state index contributed by atoms with van der Waals surface area (Å²) >= 11 is 1.30. The molecule has 10 heteroatoms. The molecule has 3 rings (SSSR count). The molecule has 1 amide bonds. The molecule has 1 aromatic heterocycles. The Balaban J connectivity index is 1.47. The lowest BCUT2D eigenvalue weighted by Gasteiger charge is -2.07. The van der Waals surface area contributed by atoms with Crippen LogP contribution in [0.1, 0.15) is 5.56 Å². The standard InChI is InChI=1S/C18H17N3O5S2/c1-12-6-8-13(9-7-12)28(24,25)19-10-17(23)26-11-16(22)21-18-20-14-4-2-3-5-15(14)27-18/h2-9,19H,10-11H2,1H3,(H,20,21,22). The second-order valence-electron chi connectivity index (χ2n) is 5.83. The van der Waals surface area contributed by atoms with E-state index in [0.29, 0.717) is 5.13 Å². The number of ether oxygens (including phenoxy) is 1. The molecule has 28 heavy (non-hydrogen) atoms. The van der Waals surface area contributed by atoms with Gasteiger partial charge < -0.3 is 4.74 Å². The van der Waals surface area contributed by atoms with Crippen LogP contribution in [0.4, 0.5) is 5.13 Å². The minimum absolute atomic E-state index is 0.0412. The maximum Gasteiger partial charge on any atom is 0.321 e. The summed E-state index contributed by atoms with van der Waals surface area (Å²) in [7, 11) is -3.83. The number of aryl methyl sites for hydroxylation is 1. The van der Waals surface area contributed by atoms with Gasteiger partial charge >= 0.3 is 5.97 Å². The van der Waals surface area contributed by atoms with Crippen molar-refractivity contribution >= 4 is 48.6 Å². The minimum atomic E-state index is -3.83. The number of hydrogen-bond acceptors (Lipinski definition) is 7. The van der Waals surface area contributed by atoms with Crippen molar-refractivity contribution in [1.82, 2.24) is 9.71 Å². The summed E-state index contributed by atoms with van der Waals surface area (Å²) in [5.74, 6) is -1.43. The number of fused-ring (bicyclic) bond motifs is 1. The molecular formula is C18H17N3O5S2. The highest BCUT2D eigenvalue weighted by molar-refractivity contribution is 7.89. The van der Waals surface area contributed by atoms with Gasteiger partial charge in [0.2, 0.25) is 10.0 Å². The number of thiazole rings is 1. The van der Waals surface area contributed by atoms with Gasteiger partial charge in [-0.25, -0.2) is 13.4 Å². The molecule has 0 atom stereocenters. The zero-order valence-electron chi connectivity index (χ0n) is 14.8. The fraction of sp³-hybridized carbons (Fsp3) is 0.167. The van der Waals surface area contributed by atoms with Crippen molar-refractivity contribution in [2.45, 2.75) is 11.8 Å². The van der Waals surface area contributed by atoms with Crippen molar-refractivity contribution in [2.24, 2.45) is 0 Å². The van der Waals surface area contributed by atoms with Crippen LogP contribution in [-0.4, -0.2) is 38.4 Å². The van der Waals surface area contributed by atoms with E-state index in [1.807, 2.05) is 31.2 Å². The molecule has 0 spiro atoms. The van der Waals surface area contributed by atoms with Crippen molar-refractivity contribution in [1.29, 1.82) is 0 Å². The largest absolute Gasteiger partial charge is 0.455 e. The highest BCUT2D eigenvalue weighted by Gasteiger charge is 2.17. The van der Waals surface area contributed by atoms with E-state index in [9.17, 15) is 18.0 Å². The average Bonchev–Trinajstić information content (AvgIpc) is 3.07. The van der Waals surface area contributed by atoms with Gasteiger partial charge in [0.1, 0.15) is 6.54 Å². The van der Waals surface area contributed by atoms with E-state index in [0.717, 1.165) is 15.8 Å². The van der Waals surface area contributed by atoms with Gasteiger partial charge in [-0.15, -0.1) is 0 Å². The van der Waals surface area contributed by atoms with E-state index in [4.69, 9.17) is 4.74 Å². The Morgan fingerprint density at radius 1 is 1.11 bits per heavy atom. The molecule has 2 N–H and O–H groups in total. The number of nitrogens with one attached hydrogen (secondary N) is 2. The Kier molecular flexibility index (Phi) is 6.02. The number of aromatic nitrogens is 1. The van der Waals surface area contributed by atoms with E-state index < -0.39 is 35.1 Å². The van der Waals surface area contributed by atoms with Crippen molar-refractivity contribution in [3.05, 3.63) is 54.1 Å². The Morgan fingerprint density at radius 3 is 2.54 bits per heavy atom. The van der Waals surface area contributed by atoms with Crippen LogP contribution in [0.25, 0.3) is 10.2 Å². The van der Waals surface area contributed by atoms with Crippen LogP contribution >= 0.6 is 11.3 Å². The molecule has 0 fully saturated rings. The Morgan fingerprint density at radius 2 is 1.82 bits per heavy atom. The fourth-order valence-corrected chi connectivity index (χ4v) is 4.08. The highest BCUT2D eigenvalue weighted by atomic mass is 32.2. The molecule has 0 unspecified atom stereocenters. The number of rotatable bonds is 7. The van der Waals surface area contributed by atoms with Crippen LogP contribution in [0.5, 0.6) is 0 Å². The van der Waals surface area contributed by atoms with Gasteiger partial charge in [0, 0.05) is 0 Å². The van der Waals surface area contributed by atoms with Gasteiger partial charge in [0.05, 0.1) is 15.1 Å². The average molecular weight is 419 g/mol.